The van der Waals surface area contributed by atoms with Gasteiger partial charge in [-0.2, -0.15) is 0 Å². The average molecular weight is 324 g/mol. The van der Waals surface area contributed by atoms with Crippen molar-refractivity contribution in [2.24, 2.45) is 0 Å². The number of nitrogens with zero attached hydrogens (tertiary/aromatic N) is 2. The molecule has 1 amide bonds. The van der Waals surface area contributed by atoms with Gasteiger partial charge in [-0.3, -0.25) is 9.10 Å². The van der Waals surface area contributed by atoms with Gasteiger partial charge < -0.3 is 4.90 Å². The lowest BCUT2D eigenvalue weighted by molar-refractivity contribution is -0.131. The first kappa shape index (κ1) is 16.8. The number of para-hydroxylation sites is 1. The maximum absolute atomic E-state index is 12.7. The van der Waals surface area contributed by atoms with Gasteiger partial charge in [0.05, 0.1) is 11.9 Å². The van der Waals surface area contributed by atoms with Crippen molar-refractivity contribution in [2.75, 3.05) is 23.7 Å². The molecule has 1 fully saturated rings. The highest BCUT2D eigenvalue weighted by Gasteiger charge is 2.31. The van der Waals surface area contributed by atoms with Gasteiger partial charge in [-0.25, -0.2) is 8.42 Å². The second-order valence-corrected chi connectivity index (χ2v) is 7.67. The molecule has 22 heavy (non-hydrogen) atoms. The van der Waals surface area contributed by atoms with Crippen molar-refractivity contribution < 1.29 is 13.2 Å². The molecule has 2 rings (SSSR count). The SMILES string of the molecule is C[C@@H](C(=O)N1CCCCCC1)N(c1ccccc1)S(C)(=O)=O. The quantitative estimate of drug-likeness (QED) is 0.853. The van der Waals surface area contributed by atoms with Gasteiger partial charge in [-0.05, 0) is 31.9 Å². The van der Waals surface area contributed by atoms with Crippen LogP contribution >= 0.6 is 0 Å². The molecule has 0 unspecified atom stereocenters. The minimum Gasteiger partial charge on any atom is -0.341 e. The number of carbonyl (C=O) groups excluding carboxylic acids is 1. The van der Waals surface area contributed by atoms with Gasteiger partial charge in [-0.15, -0.1) is 0 Å². The number of anilines is 1. The predicted octanol–water partition coefficient (Wildman–Crippen LogP) is 2.24. The van der Waals surface area contributed by atoms with Gasteiger partial charge in [-0.1, -0.05) is 31.0 Å². The van der Waals surface area contributed by atoms with Crippen LogP contribution in [0.4, 0.5) is 5.69 Å². The Labute approximate surface area is 133 Å². The summed E-state index contributed by atoms with van der Waals surface area (Å²) < 4.78 is 25.6. The van der Waals surface area contributed by atoms with Crippen LogP contribution in [0.5, 0.6) is 0 Å². The van der Waals surface area contributed by atoms with Crippen molar-refractivity contribution >= 4 is 21.6 Å². The fraction of sp³-hybridized carbons (Fsp3) is 0.562. The van der Waals surface area contributed by atoms with E-state index in [-0.39, 0.29) is 5.91 Å². The number of likely N-dealkylation sites (tertiary alicyclic amines) is 1. The summed E-state index contributed by atoms with van der Waals surface area (Å²) in [5.41, 5.74) is 0.528. The Balaban J connectivity index is 2.25. The first-order valence-electron chi connectivity index (χ1n) is 7.74. The summed E-state index contributed by atoms with van der Waals surface area (Å²) in [5, 5.41) is 0. The van der Waals surface area contributed by atoms with E-state index >= 15 is 0 Å². The van der Waals surface area contributed by atoms with E-state index in [4.69, 9.17) is 0 Å². The van der Waals surface area contributed by atoms with E-state index < -0.39 is 16.1 Å². The highest BCUT2D eigenvalue weighted by molar-refractivity contribution is 7.92. The highest BCUT2D eigenvalue weighted by atomic mass is 32.2. The molecule has 0 N–H and O–H groups in total. The van der Waals surface area contributed by atoms with E-state index in [1.807, 2.05) is 6.07 Å². The van der Waals surface area contributed by atoms with E-state index in [2.05, 4.69) is 0 Å². The minimum atomic E-state index is -3.52. The predicted molar refractivity (Wildman–Crippen MR) is 88.3 cm³/mol. The molecule has 122 valence electrons. The number of hydrogen-bond acceptors (Lipinski definition) is 3. The van der Waals surface area contributed by atoms with Crippen molar-refractivity contribution in [2.45, 2.75) is 38.6 Å². The molecule has 0 bridgehead atoms. The van der Waals surface area contributed by atoms with E-state index in [9.17, 15) is 13.2 Å². The van der Waals surface area contributed by atoms with Crippen LogP contribution in [-0.2, 0) is 14.8 Å². The molecule has 1 aliphatic rings. The van der Waals surface area contributed by atoms with Crippen LogP contribution < -0.4 is 4.31 Å². The zero-order valence-electron chi connectivity index (χ0n) is 13.2. The standard InChI is InChI=1S/C16H24N2O3S/c1-14(16(19)17-12-8-3-4-9-13-17)18(22(2,20)21)15-10-6-5-7-11-15/h5-7,10-11,14H,3-4,8-9,12-13H2,1-2H3/t14-/m0/s1. The second-order valence-electron chi connectivity index (χ2n) is 5.81. The largest absolute Gasteiger partial charge is 0.341 e. The average Bonchev–Trinajstić information content (AvgIpc) is 2.75. The van der Waals surface area contributed by atoms with Crippen molar-refractivity contribution in [3.8, 4) is 0 Å². The fourth-order valence-corrected chi connectivity index (χ4v) is 4.10. The first-order chi connectivity index (χ1) is 10.4. The topological polar surface area (TPSA) is 57.7 Å². The van der Waals surface area contributed by atoms with Crippen LogP contribution in [0.25, 0.3) is 0 Å². The molecule has 6 heteroatoms. The van der Waals surface area contributed by atoms with Gasteiger partial charge >= 0.3 is 0 Å². The molecule has 0 aliphatic carbocycles. The third-order valence-corrected chi connectivity index (χ3v) is 5.24. The van der Waals surface area contributed by atoms with E-state index in [1.54, 1.807) is 36.1 Å². The molecule has 1 aliphatic heterocycles. The van der Waals surface area contributed by atoms with Crippen LogP contribution in [0.2, 0.25) is 0 Å². The molecular weight excluding hydrogens is 300 g/mol. The molecule has 0 spiro atoms. The lowest BCUT2D eigenvalue weighted by atomic mass is 10.2. The molecule has 0 radical (unpaired) electrons. The molecule has 0 aromatic heterocycles. The highest BCUT2D eigenvalue weighted by Crippen LogP contribution is 2.22. The Hall–Kier alpha value is -1.56. The van der Waals surface area contributed by atoms with Gasteiger partial charge in [0.2, 0.25) is 15.9 Å². The Morgan fingerprint density at radius 1 is 1.09 bits per heavy atom. The number of amides is 1. The summed E-state index contributed by atoms with van der Waals surface area (Å²) in [6.45, 7) is 3.10. The molecule has 1 atom stereocenters. The third kappa shape index (κ3) is 4.00. The van der Waals surface area contributed by atoms with Gasteiger partial charge in [0.25, 0.3) is 0 Å². The molecule has 1 aromatic carbocycles. The summed E-state index contributed by atoms with van der Waals surface area (Å²) in [4.78, 5) is 14.5. The maximum atomic E-state index is 12.7. The Bertz CT molecular complexity index is 593. The van der Waals surface area contributed by atoms with Gasteiger partial charge in [0, 0.05) is 13.1 Å². The number of sulfonamides is 1. The molecule has 1 saturated heterocycles. The normalized spacial score (nSPS) is 17.6. The zero-order chi connectivity index (χ0) is 16.2. The van der Waals surface area contributed by atoms with Crippen LogP contribution in [0, 0.1) is 0 Å². The Kier molecular flexibility index (Phi) is 5.45. The van der Waals surface area contributed by atoms with E-state index in [0.717, 1.165) is 45.0 Å². The summed E-state index contributed by atoms with van der Waals surface area (Å²) in [6, 6.07) is 8.08. The maximum Gasteiger partial charge on any atom is 0.246 e. The molecule has 0 saturated carbocycles. The summed E-state index contributed by atoms with van der Waals surface area (Å²) >= 11 is 0. The number of carbonyl (C=O) groups is 1. The van der Waals surface area contributed by atoms with Gasteiger partial charge in [0.15, 0.2) is 0 Å². The summed E-state index contributed by atoms with van der Waals surface area (Å²) in [5.74, 6) is -0.115. The van der Waals surface area contributed by atoms with E-state index in [0.29, 0.717) is 5.69 Å². The van der Waals surface area contributed by atoms with Crippen LogP contribution in [0.1, 0.15) is 32.6 Å². The van der Waals surface area contributed by atoms with Crippen molar-refractivity contribution in [3.05, 3.63) is 30.3 Å². The first-order valence-corrected chi connectivity index (χ1v) is 9.59. The minimum absolute atomic E-state index is 0.115. The number of hydrogen-bond donors (Lipinski definition) is 0. The summed E-state index contributed by atoms with van der Waals surface area (Å²) in [7, 11) is -3.52. The molecule has 5 nitrogen and oxygen atoms in total. The van der Waals surface area contributed by atoms with Gasteiger partial charge in [0.1, 0.15) is 6.04 Å². The molecule has 1 aromatic rings. The molecular formula is C16H24N2O3S. The van der Waals surface area contributed by atoms with Crippen molar-refractivity contribution in [1.29, 1.82) is 0 Å². The number of benzene rings is 1. The third-order valence-electron chi connectivity index (χ3n) is 3.99. The zero-order valence-corrected chi connectivity index (χ0v) is 14.1. The second kappa shape index (κ2) is 7.13. The number of rotatable bonds is 4. The van der Waals surface area contributed by atoms with Crippen LogP contribution in [-0.4, -0.2) is 44.6 Å². The lowest BCUT2D eigenvalue weighted by Crippen LogP contribution is -2.49. The van der Waals surface area contributed by atoms with E-state index in [1.165, 1.54) is 4.31 Å². The van der Waals surface area contributed by atoms with Crippen molar-refractivity contribution in [3.63, 3.8) is 0 Å². The smallest absolute Gasteiger partial charge is 0.246 e. The molecule has 1 heterocycles. The monoisotopic (exact) mass is 324 g/mol. The van der Waals surface area contributed by atoms with Crippen molar-refractivity contribution in [1.82, 2.24) is 4.90 Å². The van der Waals surface area contributed by atoms with Crippen LogP contribution in [0.3, 0.4) is 0 Å². The Morgan fingerprint density at radius 3 is 2.14 bits per heavy atom. The Morgan fingerprint density at radius 2 is 1.64 bits per heavy atom. The van der Waals surface area contributed by atoms with Crippen LogP contribution in [0.15, 0.2) is 30.3 Å². The lowest BCUT2D eigenvalue weighted by Gasteiger charge is -2.32. The summed E-state index contributed by atoms with van der Waals surface area (Å²) in [6.07, 6.45) is 5.39. The fourth-order valence-electron chi connectivity index (χ4n) is 2.93.